The van der Waals surface area contributed by atoms with E-state index in [1.807, 2.05) is 16.9 Å². The number of hydrogen-bond acceptors (Lipinski definition) is 4. The molecule has 25 heavy (non-hydrogen) atoms. The fourth-order valence-electron chi connectivity index (χ4n) is 3.50. The van der Waals surface area contributed by atoms with Crippen LogP contribution in [0.25, 0.3) is 0 Å². The summed E-state index contributed by atoms with van der Waals surface area (Å²) < 4.78 is 1.99. The highest BCUT2D eigenvalue weighted by Gasteiger charge is 2.30. The molecule has 2 aromatic rings. The molecule has 1 aromatic carbocycles. The quantitative estimate of drug-likeness (QED) is 0.753. The molecule has 0 bridgehead atoms. The van der Waals surface area contributed by atoms with Crippen molar-refractivity contribution in [2.24, 2.45) is 5.41 Å². The van der Waals surface area contributed by atoms with E-state index in [4.69, 9.17) is 0 Å². The van der Waals surface area contributed by atoms with Crippen molar-refractivity contribution < 1.29 is 5.11 Å². The summed E-state index contributed by atoms with van der Waals surface area (Å²) in [5, 5.41) is 17.3. The minimum Gasteiger partial charge on any atom is -0.395 e. The Morgan fingerprint density at radius 3 is 2.76 bits per heavy atom. The summed E-state index contributed by atoms with van der Waals surface area (Å²) in [5.41, 5.74) is 2.76. The zero-order valence-corrected chi connectivity index (χ0v) is 15.7. The van der Waals surface area contributed by atoms with Gasteiger partial charge >= 0.3 is 0 Å². The molecule has 6 heteroatoms. The van der Waals surface area contributed by atoms with Crippen molar-refractivity contribution in [1.82, 2.24) is 20.0 Å². The first kappa shape index (κ1) is 19.9. The highest BCUT2D eigenvalue weighted by Crippen LogP contribution is 2.26. The van der Waals surface area contributed by atoms with E-state index in [9.17, 15) is 5.11 Å². The van der Waals surface area contributed by atoms with Crippen molar-refractivity contribution in [2.45, 2.75) is 26.4 Å². The molecule has 138 valence electrons. The number of benzene rings is 1. The van der Waals surface area contributed by atoms with E-state index in [1.165, 1.54) is 17.5 Å². The second-order valence-corrected chi connectivity index (χ2v) is 7.20. The fourth-order valence-corrected chi connectivity index (χ4v) is 3.50. The highest BCUT2D eigenvalue weighted by molar-refractivity contribution is 5.85. The Kier molecular flexibility index (Phi) is 7.44. The summed E-state index contributed by atoms with van der Waals surface area (Å²) in [5.74, 6) is 0. The lowest BCUT2D eigenvalue weighted by molar-refractivity contribution is 0.137. The molecule has 1 unspecified atom stereocenters. The molecule has 0 aliphatic carbocycles. The number of hydrogen-bond donors (Lipinski definition) is 2. The third-order valence-corrected chi connectivity index (χ3v) is 4.76. The van der Waals surface area contributed by atoms with Crippen LogP contribution in [0.15, 0.2) is 42.7 Å². The molecule has 3 rings (SSSR count). The van der Waals surface area contributed by atoms with Gasteiger partial charge in [0.15, 0.2) is 0 Å². The van der Waals surface area contributed by atoms with Crippen molar-refractivity contribution in [2.75, 3.05) is 32.8 Å². The highest BCUT2D eigenvalue weighted by atomic mass is 35.5. The topological polar surface area (TPSA) is 53.3 Å². The minimum atomic E-state index is 0. The van der Waals surface area contributed by atoms with Gasteiger partial charge in [-0.2, -0.15) is 5.10 Å². The average molecular weight is 365 g/mol. The first-order valence-electron chi connectivity index (χ1n) is 8.76. The summed E-state index contributed by atoms with van der Waals surface area (Å²) in [7, 11) is 0. The van der Waals surface area contributed by atoms with E-state index in [-0.39, 0.29) is 19.0 Å². The number of halogens is 1. The summed E-state index contributed by atoms with van der Waals surface area (Å²) in [4.78, 5) is 2.34. The number of aliphatic hydroxyl groups is 1. The monoisotopic (exact) mass is 364 g/mol. The van der Waals surface area contributed by atoms with Crippen LogP contribution in [0.2, 0.25) is 0 Å². The second-order valence-electron chi connectivity index (χ2n) is 7.20. The van der Waals surface area contributed by atoms with Gasteiger partial charge in [0.25, 0.3) is 0 Å². The largest absolute Gasteiger partial charge is 0.395 e. The third-order valence-electron chi connectivity index (χ3n) is 4.76. The van der Waals surface area contributed by atoms with Crippen molar-refractivity contribution in [3.63, 3.8) is 0 Å². The number of aliphatic hydroxyl groups excluding tert-OH is 1. The van der Waals surface area contributed by atoms with Crippen molar-refractivity contribution >= 4 is 12.4 Å². The van der Waals surface area contributed by atoms with Crippen LogP contribution >= 0.6 is 12.4 Å². The van der Waals surface area contributed by atoms with Crippen LogP contribution in [0, 0.1) is 5.41 Å². The van der Waals surface area contributed by atoms with Gasteiger partial charge in [0.1, 0.15) is 0 Å². The number of aromatic nitrogens is 2. The van der Waals surface area contributed by atoms with Gasteiger partial charge in [-0.1, -0.05) is 37.3 Å². The SMILES string of the molecule is CC1(CN(CCO)Cc2cnn(Cc3ccccc3)c2)CCNC1.Cl. The molecular weight excluding hydrogens is 336 g/mol. The zero-order chi connectivity index (χ0) is 16.8. The molecule has 0 spiro atoms. The Bertz CT molecular complexity index is 625. The van der Waals surface area contributed by atoms with Crippen LogP contribution in [-0.4, -0.2) is 52.6 Å². The Morgan fingerprint density at radius 2 is 2.08 bits per heavy atom. The maximum absolute atomic E-state index is 9.39. The molecule has 1 fully saturated rings. The predicted octanol–water partition coefficient (Wildman–Crippen LogP) is 2.15. The van der Waals surface area contributed by atoms with Gasteiger partial charge in [0, 0.05) is 37.9 Å². The zero-order valence-electron chi connectivity index (χ0n) is 14.9. The lowest BCUT2D eigenvalue weighted by Crippen LogP contribution is -2.38. The van der Waals surface area contributed by atoms with Gasteiger partial charge < -0.3 is 10.4 Å². The first-order valence-corrected chi connectivity index (χ1v) is 8.76. The Balaban J connectivity index is 0.00000225. The van der Waals surface area contributed by atoms with Crippen LogP contribution in [0.5, 0.6) is 0 Å². The molecule has 1 aromatic heterocycles. The maximum atomic E-state index is 9.39. The molecular formula is C19H29ClN4O. The molecule has 1 saturated heterocycles. The Labute approximate surface area is 156 Å². The Hall–Kier alpha value is -1.40. The van der Waals surface area contributed by atoms with Gasteiger partial charge in [0.2, 0.25) is 0 Å². The fraction of sp³-hybridized carbons (Fsp3) is 0.526. The van der Waals surface area contributed by atoms with E-state index in [0.717, 1.165) is 32.7 Å². The van der Waals surface area contributed by atoms with E-state index < -0.39 is 0 Å². The second kappa shape index (κ2) is 9.34. The maximum Gasteiger partial charge on any atom is 0.0659 e. The summed E-state index contributed by atoms with van der Waals surface area (Å²) in [6.07, 6.45) is 5.26. The number of rotatable bonds is 8. The van der Waals surface area contributed by atoms with Gasteiger partial charge in [-0.25, -0.2) is 0 Å². The summed E-state index contributed by atoms with van der Waals surface area (Å²) in [6.45, 7) is 8.02. The van der Waals surface area contributed by atoms with Crippen molar-refractivity contribution in [3.8, 4) is 0 Å². The van der Waals surface area contributed by atoms with E-state index in [1.54, 1.807) is 0 Å². The molecule has 5 nitrogen and oxygen atoms in total. The third kappa shape index (κ3) is 5.82. The van der Waals surface area contributed by atoms with E-state index in [2.05, 4.69) is 52.7 Å². The lowest BCUT2D eigenvalue weighted by atomic mass is 9.89. The molecule has 2 N–H and O–H groups in total. The smallest absolute Gasteiger partial charge is 0.0659 e. The molecule has 1 aliphatic heterocycles. The van der Waals surface area contributed by atoms with E-state index >= 15 is 0 Å². The normalized spacial score (nSPS) is 20.0. The van der Waals surface area contributed by atoms with Gasteiger partial charge in [0.05, 0.1) is 19.3 Å². The average Bonchev–Trinajstić information content (AvgIpc) is 3.18. The van der Waals surface area contributed by atoms with Crippen molar-refractivity contribution in [1.29, 1.82) is 0 Å². The van der Waals surface area contributed by atoms with Gasteiger partial charge in [-0.15, -0.1) is 12.4 Å². The molecule has 1 aliphatic rings. The first-order chi connectivity index (χ1) is 11.7. The minimum absolute atomic E-state index is 0. The van der Waals surface area contributed by atoms with Crippen molar-refractivity contribution in [3.05, 3.63) is 53.9 Å². The lowest BCUT2D eigenvalue weighted by Gasteiger charge is -2.31. The van der Waals surface area contributed by atoms with Crippen LogP contribution in [-0.2, 0) is 13.1 Å². The Morgan fingerprint density at radius 1 is 1.28 bits per heavy atom. The van der Waals surface area contributed by atoms with Crippen LogP contribution < -0.4 is 5.32 Å². The summed E-state index contributed by atoms with van der Waals surface area (Å²) >= 11 is 0. The number of nitrogens with zero attached hydrogens (tertiary/aromatic N) is 3. The van der Waals surface area contributed by atoms with Gasteiger partial charge in [-0.3, -0.25) is 9.58 Å². The number of nitrogens with one attached hydrogen (secondary N) is 1. The molecule has 2 heterocycles. The standard InChI is InChI=1S/C19H28N4O.ClH/c1-19(7-8-20-15-19)16-22(9-10-24)12-18-11-21-23(14-18)13-17-5-3-2-4-6-17;/h2-6,11,14,20,24H,7-10,12-13,15-16H2,1H3;1H. The molecule has 0 amide bonds. The van der Waals surface area contributed by atoms with E-state index in [0.29, 0.717) is 12.0 Å². The molecule has 0 radical (unpaired) electrons. The molecule has 0 saturated carbocycles. The van der Waals surface area contributed by atoms with Crippen LogP contribution in [0.1, 0.15) is 24.5 Å². The predicted molar refractivity (Wildman–Crippen MR) is 103 cm³/mol. The van der Waals surface area contributed by atoms with Crippen LogP contribution in [0.3, 0.4) is 0 Å². The van der Waals surface area contributed by atoms with Gasteiger partial charge in [-0.05, 0) is 23.9 Å². The van der Waals surface area contributed by atoms with Crippen LogP contribution in [0.4, 0.5) is 0 Å². The molecule has 1 atom stereocenters. The summed E-state index contributed by atoms with van der Waals surface area (Å²) in [6, 6.07) is 10.4.